The minimum Gasteiger partial charge on any atom is -0.495 e. The number of anilines is 1. The van der Waals surface area contributed by atoms with E-state index in [-0.39, 0.29) is 16.3 Å². The van der Waals surface area contributed by atoms with E-state index in [0.717, 1.165) is 13.2 Å². The summed E-state index contributed by atoms with van der Waals surface area (Å²) in [6, 6.07) is 7.73. The second-order valence-corrected chi connectivity index (χ2v) is 6.48. The summed E-state index contributed by atoms with van der Waals surface area (Å²) < 4.78 is 83.6. The van der Waals surface area contributed by atoms with Gasteiger partial charge in [-0.05, 0) is 29.8 Å². The molecule has 0 heterocycles. The maximum Gasteiger partial charge on any atom is 0.420 e. The highest BCUT2D eigenvalue weighted by atomic mass is 35.5. The Morgan fingerprint density at radius 3 is 2.07 bits per heavy atom. The molecule has 2 aromatic carbocycles. The molecule has 11 heteroatoms. The molecule has 1 N–H and O–H groups in total. The summed E-state index contributed by atoms with van der Waals surface area (Å²) in [6.07, 6.45) is -11.7. The number of amides is 1. The largest absolute Gasteiger partial charge is 0.495 e. The van der Waals surface area contributed by atoms with Gasteiger partial charge in [0.05, 0.1) is 23.4 Å². The smallest absolute Gasteiger partial charge is 0.420 e. The molecule has 0 aliphatic rings. The van der Waals surface area contributed by atoms with Crippen LogP contribution >= 0.6 is 23.2 Å². The van der Waals surface area contributed by atoms with E-state index in [9.17, 15) is 31.1 Å². The van der Waals surface area contributed by atoms with Gasteiger partial charge in [0.1, 0.15) is 5.75 Å². The molecule has 0 radical (unpaired) electrons. The maximum absolute atomic E-state index is 13.1. The van der Waals surface area contributed by atoms with E-state index in [0.29, 0.717) is 12.1 Å². The number of benzene rings is 2. The number of nitrogens with one attached hydrogen (secondary N) is 1. The standard InChI is InChI=1S/C17H11Cl2F6NO2/c1-28-13-8-9(15(19,16(20,21)22)17(23,24)25)6-7-12(13)26-14(27)10-4-2-3-5-11(10)18/h2-8H,1H3,(H,26,27). The van der Waals surface area contributed by atoms with Crippen LogP contribution in [0, 0.1) is 0 Å². The van der Waals surface area contributed by atoms with E-state index in [1.54, 1.807) is 6.07 Å². The number of ether oxygens (including phenoxy) is 1. The lowest BCUT2D eigenvalue weighted by atomic mass is 9.96. The van der Waals surface area contributed by atoms with Crippen LogP contribution < -0.4 is 10.1 Å². The van der Waals surface area contributed by atoms with Crippen molar-refractivity contribution in [1.82, 2.24) is 0 Å². The van der Waals surface area contributed by atoms with Crippen molar-refractivity contribution in [2.24, 2.45) is 0 Å². The predicted molar refractivity (Wildman–Crippen MR) is 92.0 cm³/mol. The number of methoxy groups -OCH3 is 1. The third kappa shape index (κ3) is 4.00. The minimum absolute atomic E-state index is 0.0487. The maximum atomic E-state index is 13.1. The molecule has 1 amide bonds. The molecule has 0 aliphatic heterocycles. The molecular formula is C17H11Cl2F6NO2. The first-order chi connectivity index (χ1) is 12.8. The quantitative estimate of drug-likeness (QED) is 0.452. The Labute approximate surface area is 165 Å². The number of hydrogen-bond acceptors (Lipinski definition) is 2. The summed E-state index contributed by atoms with van der Waals surface area (Å²) in [5.41, 5.74) is -1.42. The zero-order valence-corrected chi connectivity index (χ0v) is 15.4. The van der Waals surface area contributed by atoms with E-state index in [1.165, 1.54) is 18.2 Å². The van der Waals surface area contributed by atoms with E-state index >= 15 is 0 Å². The zero-order valence-electron chi connectivity index (χ0n) is 13.9. The normalized spacial score (nSPS) is 12.6. The van der Waals surface area contributed by atoms with Gasteiger partial charge in [0.2, 0.25) is 0 Å². The summed E-state index contributed by atoms with van der Waals surface area (Å²) in [5.74, 6) is -1.18. The molecule has 0 unspecified atom stereocenters. The van der Waals surface area contributed by atoms with Crippen molar-refractivity contribution in [3.05, 3.63) is 58.6 Å². The lowest BCUT2D eigenvalue weighted by Gasteiger charge is -2.32. The van der Waals surface area contributed by atoms with Gasteiger partial charge >= 0.3 is 12.4 Å². The number of carbonyl (C=O) groups excluding carboxylic acids is 1. The van der Waals surface area contributed by atoms with Gasteiger partial charge in [-0.25, -0.2) is 0 Å². The summed E-state index contributed by atoms with van der Waals surface area (Å²) in [4.78, 5) is 7.63. The summed E-state index contributed by atoms with van der Waals surface area (Å²) in [6.45, 7) is 0. The average molecular weight is 446 g/mol. The monoisotopic (exact) mass is 445 g/mol. The predicted octanol–water partition coefficient (Wildman–Crippen LogP) is 6.16. The number of hydrogen-bond donors (Lipinski definition) is 1. The molecule has 3 nitrogen and oxygen atoms in total. The second-order valence-electron chi connectivity index (χ2n) is 5.50. The van der Waals surface area contributed by atoms with Crippen molar-refractivity contribution in [3.63, 3.8) is 0 Å². The molecule has 0 spiro atoms. The first-order valence-corrected chi connectivity index (χ1v) is 8.15. The van der Waals surface area contributed by atoms with Crippen molar-refractivity contribution in [3.8, 4) is 5.75 Å². The molecule has 2 aromatic rings. The van der Waals surface area contributed by atoms with Crippen LogP contribution in [0.3, 0.4) is 0 Å². The molecule has 152 valence electrons. The van der Waals surface area contributed by atoms with Crippen molar-refractivity contribution < 1.29 is 35.9 Å². The van der Waals surface area contributed by atoms with Gasteiger partial charge in [0.25, 0.3) is 10.8 Å². The first kappa shape index (κ1) is 22.2. The molecule has 28 heavy (non-hydrogen) atoms. The topological polar surface area (TPSA) is 38.3 Å². The first-order valence-electron chi connectivity index (χ1n) is 7.39. The number of halogens is 8. The van der Waals surface area contributed by atoms with Gasteiger partial charge < -0.3 is 10.1 Å². The van der Waals surface area contributed by atoms with Gasteiger partial charge in [0.15, 0.2) is 0 Å². The molecule has 0 saturated heterocycles. The molecule has 0 bridgehead atoms. The molecule has 0 fully saturated rings. The van der Waals surface area contributed by atoms with Crippen LogP contribution in [0.2, 0.25) is 5.02 Å². The fraction of sp³-hybridized carbons (Fsp3) is 0.235. The van der Waals surface area contributed by atoms with Crippen LogP contribution in [0.5, 0.6) is 5.75 Å². The van der Waals surface area contributed by atoms with Gasteiger partial charge in [-0.3, -0.25) is 4.79 Å². The summed E-state index contributed by atoms with van der Waals surface area (Å²) in [5, 5.41) is 2.42. The van der Waals surface area contributed by atoms with Gasteiger partial charge in [-0.15, -0.1) is 0 Å². The van der Waals surface area contributed by atoms with Crippen LogP contribution in [0.1, 0.15) is 15.9 Å². The Hall–Kier alpha value is -2.13. The fourth-order valence-corrected chi connectivity index (χ4v) is 2.67. The van der Waals surface area contributed by atoms with Crippen molar-refractivity contribution in [2.75, 3.05) is 12.4 Å². The molecule has 0 atom stereocenters. The fourth-order valence-electron chi connectivity index (χ4n) is 2.33. The SMILES string of the molecule is COc1cc(C(Cl)(C(F)(F)F)C(F)(F)F)ccc1NC(=O)c1ccccc1Cl. The highest BCUT2D eigenvalue weighted by molar-refractivity contribution is 6.34. The third-order valence-corrected chi connectivity index (χ3v) is 4.72. The molecule has 0 aliphatic carbocycles. The Kier molecular flexibility index (Phi) is 6.10. The number of alkyl halides is 7. The second kappa shape index (κ2) is 7.71. The Balaban J connectivity index is 2.47. The molecule has 2 rings (SSSR count). The van der Waals surface area contributed by atoms with Crippen molar-refractivity contribution >= 4 is 34.8 Å². The van der Waals surface area contributed by atoms with E-state index < -0.39 is 34.4 Å². The van der Waals surface area contributed by atoms with Crippen LogP contribution in [0.4, 0.5) is 32.0 Å². The summed E-state index contributed by atoms with van der Waals surface area (Å²) >= 11 is 10.9. The Bertz CT molecular complexity index is 869. The Morgan fingerprint density at radius 2 is 1.57 bits per heavy atom. The van der Waals surface area contributed by atoms with Gasteiger partial charge in [-0.2, -0.15) is 26.3 Å². The Morgan fingerprint density at radius 1 is 1.00 bits per heavy atom. The summed E-state index contributed by atoms with van der Waals surface area (Å²) in [7, 11) is 1.02. The van der Waals surface area contributed by atoms with Crippen LogP contribution in [-0.2, 0) is 4.87 Å². The van der Waals surface area contributed by atoms with Crippen LogP contribution in [0.15, 0.2) is 42.5 Å². The average Bonchev–Trinajstić information content (AvgIpc) is 2.59. The molecule has 0 saturated carbocycles. The van der Waals surface area contributed by atoms with Crippen LogP contribution in [-0.4, -0.2) is 25.4 Å². The van der Waals surface area contributed by atoms with Crippen molar-refractivity contribution in [1.29, 1.82) is 0 Å². The lowest BCUT2D eigenvalue weighted by Crippen LogP contribution is -2.49. The van der Waals surface area contributed by atoms with Gasteiger partial charge in [0, 0.05) is 0 Å². The molecule has 0 aromatic heterocycles. The number of rotatable bonds is 4. The van der Waals surface area contributed by atoms with E-state index in [2.05, 4.69) is 5.32 Å². The zero-order chi connectivity index (χ0) is 21.3. The third-order valence-electron chi connectivity index (χ3n) is 3.75. The van der Waals surface area contributed by atoms with Crippen LogP contribution in [0.25, 0.3) is 0 Å². The highest BCUT2D eigenvalue weighted by Crippen LogP contribution is 2.55. The van der Waals surface area contributed by atoms with Crippen molar-refractivity contribution in [2.45, 2.75) is 17.2 Å². The minimum atomic E-state index is -5.83. The van der Waals surface area contributed by atoms with E-state index in [1.807, 2.05) is 0 Å². The lowest BCUT2D eigenvalue weighted by molar-refractivity contribution is -0.272. The highest BCUT2D eigenvalue weighted by Gasteiger charge is 2.71. The molecular weight excluding hydrogens is 435 g/mol. The number of carbonyl (C=O) groups is 1. The van der Waals surface area contributed by atoms with E-state index in [4.69, 9.17) is 27.9 Å². The van der Waals surface area contributed by atoms with Gasteiger partial charge in [-0.1, -0.05) is 41.4 Å².